The predicted octanol–water partition coefficient (Wildman–Crippen LogP) is 1.87. The summed E-state index contributed by atoms with van der Waals surface area (Å²) in [5, 5.41) is 6.53. The van der Waals surface area contributed by atoms with E-state index in [4.69, 9.17) is 4.74 Å². The molecule has 6 nitrogen and oxygen atoms in total. The van der Waals surface area contributed by atoms with E-state index in [0.717, 1.165) is 24.6 Å². The van der Waals surface area contributed by atoms with Crippen LogP contribution in [-0.2, 0) is 13.1 Å². The van der Waals surface area contributed by atoms with E-state index in [2.05, 4.69) is 25.2 Å². The van der Waals surface area contributed by atoms with Crippen molar-refractivity contribution in [1.82, 2.24) is 20.2 Å². The Morgan fingerprint density at radius 1 is 1.27 bits per heavy atom. The number of ether oxygens (including phenoxy) is 1. The fourth-order valence-corrected chi connectivity index (χ4v) is 1.87. The Labute approximate surface area is 148 Å². The first-order valence-electron chi connectivity index (χ1n) is 6.86. The van der Waals surface area contributed by atoms with Crippen molar-refractivity contribution in [2.75, 3.05) is 20.7 Å². The maximum atomic E-state index is 5.03. The average molecular weight is 415 g/mol. The van der Waals surface area contributed by atoms with Gasteiger partial charge in [-0.25, -0.2) is 4.98 Å². The number of aromatic nitrogens is 2. The molecule has 0 saturated heterocycles. The average Bonchev–Trinajstić information content (AvgIpc) is 3.04. The van der Waals surface area contributed by atoms with Crippen LogP contribution in [0, 0.1) is 0 Å². The van der Waals surface area contributed by atoms with Crippen LogP contribution in [0.5, 0.6) is 5.88 Å². The second-order valence-corrected chi connectivity index (χ2v) is 4.48. The maximum Gasteiger partial charge on any atom is 0.212 e. The van der Waals surface area contributed by atoms with Crippen molar-refractivity contribution in [2.45, 2.75) is 13.1 Å². The Bertz CT molecular complexity index is 554. The zero-order valence-corrected chi connectivity index (χ0v) is 15.2. The summed E-state index contributed by atoms with van der Waals surface area (Å²) in [5.41, 5.74) is 1.07. The molecule has 0 aromatic carbocycles. The highest BCUT2D eigenvalue weighted by Gasteiger charge is 1.99. The number of hydrogen-bond acceptors (Lipinski definition) is 3. The molecule has 0 amide bonds. The molecule has 0 unspecified atom stereocenters. The zero-order valence-electron chi connectivity index (χ0n) is 12.8. The van der Waals surface area contributed by atoms with Crippen molar-refractivity contribution < 1.29 is 4.74 Å². The summed E-state index contributed by atoms with van der Waals surface area (Å²) < 4.78 is 7.15. The Hall–Kier alpha value is -1.77. The summed E-state index contributed by atoms with van der Waals surface area (Å²) >= 11 is 0. The number of methoxy groups -OCH3 is 1. The van der Waals surface area contributed by atoms with Gasteiger partial charge in [-0.2, -0.15) is 0 Å². The van der Waals surface area contributed by atoms with Gasteiger partial charge in [-0.1, -0.05) is 6.07 Å². The first-order valence-corrected chi connectivity index (χ1v) is 6.86. The summed E-state index contributed by atoms with van der Waals surface area (Å²) in [4.78, 5) is 8.37. The lowest BCUT2D eigenvalue weighted by atomic mass is 10.3. The van der Waals surface area contributed by atoms with Crippen molar-refractivity contribution in [1.29, 1.82) is 0 Å². The monoisotopic (exact) mass is 415 g/mol. The predicted molar refractivity (Wildman–Crippen MR) is 98.8 cm³/mol. The van der Waals surface area contributed by atoms with E-state index in [1.54, 1.807) is 20.4 Å². The number of aliphatic imine (C=N–C) groups is 1. The highest BCUT2D eigenvalue weighted by atomic mass is 127. The van der Waals surface area contributed by atoms with Crippen molar-refractivity contribution in [2.24, 2.45) is 4.99 Å². The molecule has 7 heteroatoms. The lowest BCUT2D eigenvalue weighted by molar-refractivity contribution is 0.397. The molecule has 0 aliphatic rings. The summed E-state index contributed by atoms with van der Waals surface area (Å²) in [7, 11) is 3.37. The van der Waals surface area contributed by atoms with Crippen LogP contribution >= 0.6 is 24.0 Å². The maximum absolute atomic E-state index is 5.03. The van der Waals surface area contributed by atoms with Crippen LogP contribution in [0.15, 0.2) is 47.8 Å². The Balaban J connectivity index is 0.00000242. The molecule has 2 aromatic rings. The van der Waals surface area contributed by atoms with Gasteiger partial charge in [0.05, 0.1) is 7.11 Å². The number of hydrogen-bond donors (Lipinski definition) is 2. The lowest BCUT2D eigenvalue weighted by Crippen LogP contribution is -2.38. The minimum absolute atomic E-state index is 0. The van der Waals surface area contributed by atoms with E-state index in [-0.39, 0.29) is 24.0 Å². The van der Waals surface area contributed by atoms with E-state index in [1.165, 1.54) is 0 Å². The van der Waals surface area contributed by atoms with Gasteiger partial charge in [0.1, 0.15) is 0 Å². The first kappa shape index (κ1) is 18.3. The Kier molecular flexibility index (Phi) is 8.34. The molecule has 0 aliphatic heterocycles. The molecule has 0 saturated carbocycles. The van der Waals surface area contributed by atoms with E-state index < -0.39 is 0 Å². The number of pyridine rings is 1. The largest absolute Gasteiger partial charge is 0.481 e. The van der Waals surface area contributed by atoms with Crippen molar-refractivity contribution >= 4 is 29.9 Å². The fraction of sp³-hybridized carbons (Fsp3) is 0.333. The van der Waals surface area contributed by atoms with Crippen molar-refractivity contribution in [3.8, 4) is 5.88 Å². The van der Waals surface area contributed by atoms with Gasteiger partial charge in [0, 0.05) is 51.3 Å². The van der Waals surface area contributed by atoms with Crippen LogP contribution in [0.3, 0.4) is 0 Å². The molecule has 2 N–H and O–H groups in total. The van der Waals surface area contributed by atoms with Gasteiger partial charge in [0.2, 0.25) is 5.88 Å². The van der Waals surface area contributed by atoms with Crippen molar-refractivity contribution in [3.63, 3.8) is 0 Å². The number of nitrogens with zero attached hydrogens (tertiary/aromatic N) is 3. The molecule has 2 rings (SSSR count). The molecule has 0 aliphatic carbocycles. The number of halogens is 1. The summed E-state index contributed by atoms with van der Waals surface area (Å²) in [6, 6.07) is 7.86. The van der Waals surface area contributed by atoms with E-state index in [1.807, 2.05) is 36.7 Å². The lowest BCUT2D eigenvalue weighted by Gasteiger charge is -2.12. The van der Waals surface area contributed by atoms with Crippen LogP contribution in [0.2, 0.25) is 0 Å². The van der Waals surface area contributed by atoms with Gasteiger partial charge in [-0.15, -0.1) is 24.0 Å². The number of rotatable bonds is 6. The number of guanidine groups is 1. The molecule has 120 valence electrons. The van der Waals surface area contributed by atoms with Gasteiger partial charge in [-0.05, 0) is 17.7 Å². The summed E-state index contributed by atoms with van der Waals surface area (Å²) in [6.45, 7) is 2.38. The second-order valence-electron chi connectivity index (χ2n) is 4.48. The number of nitrogens with one attached hydrogen (secondary N) is 2. The SMILES string of the molecule is CN=C(NCCn1cccc1)NCc1ccc(OC)nc1.I. The minimum atomic E-state index is 0. The second kappa shape index (κ2) is 10.0. The summed E-state index contributed by atoms with van der Waals surface area (Å²) in [5.74, 6) is 1.39. The highest BCUT2D eigenvalue weighted by Crippen LogP contribution is 2.05. The van der Waals surface area contributed by atoms with Gasteiger partial charge >= 0.3 is 0 Å². The molecule has 22 heavy (non-hydrogen) atoms. The topological polar surface area (TPSA) is 63.5 Å². The molecule has 0 fully saturated rings. The summed E-state index contributed by atoms with van der Waals surface area (Å²) in [6.07, 6.45) is 5.88. The van der Waals surface area contributed by atoms with E-state index >= 15 is 0 Å². The molecule has 0 spiro atoms. The molecule has 2 heterocycles. The van der Waals surface area contributed by atoms with Crippen molar-refractivity contribution in [3.05, 3.63) is 48.4 Å². The van der Waals surface area contributed by atoms with Gasteiger partial charge in [-0.3, -0.25) is 4.99 Å². The smallest absolute Gasteiger partial charge is 0.212 e. The zero-order chi connectivity index (χ0) is 14.9. The first-order chi connectivity index (χ1) is 10.3. The highest BCUT2D eigenvalue weighted by molar-refractivity contribution is 14.0. The van der Waals surface area contributed by atoms with Crippen LogP contribution in [0.4, 0.5) is 0 Å². The van der Waals surface area contributed by atoms with Crippen LogP contribution in [0.1, 0.15) is 5.56 Å². The van der Waals surface area contributed by atoms with E-state index in [9.17, 15) is 0 Å². The Morgan fingerprint density at radius 3 is 2.64 bits per heavy atom. The van der Waals surface area contributed by atoms with E-state index in [0.29, 0.717) is 12.4 Å². The third-order valence-corrected chi connectivity index (χ3v) is 3.02. The minimum Gasteiger partial charge on any atom is -0.481 e. The van der Waals surface area contributed by atoms with Gasteiger partial charge in [0.25, 0.3) is 0 Å². The Morgan fingerprint density at radius 2 is 2.05 bits per heavy atom. The molecule has 0 atom stereocenters. The molecule has 2 aromatic heterocycles. The fourth-order valence-electron chi connectivity index (χ4n) is 1.87. The van der Waals surface area contributed by atoms with Crippen LogP contribution in [0.25, 0.3) is 0 Å². The molecular weight excluding hydrogens is 393 g/mol. The third-order valence-electron chi connectivity index (χ3n) is 3.02. The third kappa shape index (κ3) is 5.92. The quantitative estimate of drug-likeness (QED) is 0.430. The molecule has 0 bridgehead atoms. The van der Waals surface area contributed by atoms with Gasteiger partial charge < -0.3 is 19.9 Å². The molecule has 0 radical (unpaired) electrons. The van der Waals surface area contributed by atoms with Crippen LogP contribution in [-0.4, -0.2) is 36.2 Å². The normalized spacial score (nSPS) is 10.7. The van der Waals surface area contributed by atoms with Gasteiger partial charge in [0.15, 0.2) is 5.96 Å². The molecular formula is C15H22IN5O. The standard InChI is InChI=1S/C15H21N5O.HI/c1-16-15(17-7-10-20-8-3-4-9-20)19-12-13-5-6-14(21-2)18-11-13;/h3-6,8-9,11H,7,10,12H2,1-2H3,(H2,16,17,19);1H. The van der Waals surface area contributed by atoms with Crippen LogP contribution < -0.4 is 15.4 Å².